The second kappa shape index (κ2) is 8.08. The number of hydrogen-bond acceptors (Lipinski definition) is 3. The summed E-state index contributed by atoms with van der Waals surface area (Å²) >= 11 is 0. The Morgan fingerprint density at radius 3 is 2.56 bits per heavy atom. The van der Waals surface area contributed by atoms with Crippen molar-refractivity contribution in [3.63, 3.8) is 0 Å². The van der Waals surface area contributed by atoms with E-state index in [1.807, 2.05) is 6.92 Å². The summed E-state index contributed by atoms with van der Waals surface area (Å²) in [5, 5.41) is 2.85. The fraction of sp³-hybridized carbons (Fsp3) is 0.350. The average molecular weight is 390 g/mol. The van der Waals surface area contributed by atoms with Crippen LogP contribution in [0.1, 0.15) is 30.4 Å². The first kappa shape index (κ1) is 19.4. The first-order valence-corrected chi connectivity index (χ1v) is 10.6. The summed E-state index contributed by atoms with van der Waals surface area (Å²) in [4.78, 5) is 12.1. The van der Waals surface area contributed by atoms with E-state index in [4.69, 9.17) is 0 Å². The fourth-order valence-corrected chi connectivity index (χ4v) is 4.88. The Morgan fingerprint density at radius 2 is 1.93 bits per heavy atom. The minimum Gasteiger partial charge on any atom is -0.326 e. The molecule has 0 atom stereocenters. The van der Waals surface area contributed by atoms with Gasteiger partial charge in [-0.15, -0.1) is 0 Å². The van der Waals surface area contributed by atoms with E-state index >= 15 is 0 Å². The summed E-state index contributed by atoms with van der Waals surface area (Å²) in [6, 6.07) is 11.5. The summed E-state index contributed by atoms with van der Waals surface area (Å²) in [6.07, 6.45) is 2.37. The van der Waals surface area contributed by atoms with Gasteiger partial charge in [0.1, 0.15) is 5.82 Å². The molecule has 3 rings (SSSR count). The van der Waals surface area contributed by atoms with Crippen molar-refractivity contribution in [2.45, 2.75) is 32.6 Å². The lowest BCUT2D eigenvalue weighted by Gasteiger charge is -2.20. The highest BCUT2D eigenvalue weighted by molar-refractivity contribution is 7.93. The van der Waals surface area contributed by atoms with Gasteiger partial charge < -0.3 is 5.32 Å². The van der Waals surface area contributed by atoms with Crippen molar-refractivity contribution in [3.8, 4) is 0 Å². The maximum Gasteiger partial charge on any atom is 0.235 e. The third-order valence-electron chi connectivity index (χ3n) is 4.63. The molecule has 1 fully saturated rings. The Balaban J connectivity index is 1.55. The molecule has 1 aliphatic rings. The number of aryl methyl sites for hydroxylation is 2. The highest BCUT2D eigenvalue weighted by atomic mass is 32.2. The number of hydrogen-bond donors (Lipinski definition) is 1. The van der Waals surface area contributed by atoms with Gasteiger partial charge in [0.25, 0.3) is 0 Å². The van der Waals surface area contributed by atoms with E-state index in [1.165, 1.54) is 16.4 Å². The molecule has 1 amide bonds. The van der Waals surface area contributed by atoms with Crippen molar-refractivity contribution in [1.82, 2.24) is 0 Å². The number of amides is 1. The number of nitrogens with zero attached hydrogens (tertiary/aromatic N) is 1. The first-order chi connectivity index (χ1) is 12.8. The molecule has 2 aromatic rings. The number of carbonyl (C=O) groups is 1. The number of nitrogens with one attached hydrogen (secondary N) is 1. The van der Waals surface area contributed by atoms with Gasteiger partial charge in [0.05, 0.1) is 11.4 Å². The zero-order valence-electron chi connectivity index (χ0n) is 15.2. The topological polar surface area (TPSA) is 66.5 Å². The molecule has 5 nitrogen and oxygen atoms in total. The molecule has 27 heavy (non-hydrogen) atoms. The van der Waals surface area contributed by atoms with Crippen LogP contribution in [0.15, 0.2) is 42.5 Å². The number of benzene rings is 2. The molecular weight excluding hydrogens is 367 g/mol. The van der Waals surface area contributed by atoms with Crippen LogP contribution in [0.2, 0.25) is 0 Å². The van der Waals surface area contributed by atoms with Crippen LogP contribution < -0.4 is 9.62 Å². The lowest BCUT2D eigenvalue weighted by atomic mass is 10.1. The Morgan fingerprint density at radius 1 is 1.19 bits per heavy atom. The van der Waals surface area contributed by atoms with Crippen LogP contribution >= 0.6 is 0 Å². The predicted octanol–water partition coefficient (Wildman–Crippen LogP) is 3.64. The van der Waals surface area contributed by atoms with Gasteiger partial charge in [-0.05, 0) is 67.6 Å². The molecule has 1 heterocycles. The van der Waals surface area contributed by atoms with E-state index in [0.29, 0.717) is 43.6 Å². The Labute approximate surface area is 159 Å². The number of rotatable bonds is 6. The third kappa shape index (κ3) is 4.86. The summed E-state index contributed by atoms with van der Waals surface area (Å²) in [7, 11) is -3.22. The summed E-state index contributed by atoms with van der Waals surface area (Å²) in [5.74, 6) is -0.186. The molecular formula is C20H23FN2O3S. The number of halogens is 1. The lowest BCUT2D eigenvalue weighted by Crippen LogP contribution is -2.25. The molecule has 2 aromatic carbocycles. The summed E-state index contributed by atoms with van der Waals surface area (Å²) in [5.41, 5.74) is 3.13. The van der Waals surface area contributed by atoms with Crippen molar-refractivity contribution in [2.24, 2.45) is 0 Å². The van der Waals surface area contributed by atoms with E-state index in [1.54, 1.807) is 30.3 Å². The van der Waals surface area contributed by atoms with Gasteiger partial charge in [-0.25, -0.2) is 12.8 Å². The van der Waals surface area contributed by atoms with Crippen LogP contribution in [0, 0.1) is 12.7 Å². The quantitative estimate of drug-likeness (QED) is 0.819. The summed E-state index contributed by atoms with van der Waals surface area (Å²) in [6.45, 7) is 2.34. The lowest BCUT2D eigenvalue weighted by molar-refractivity contribution is -0.116. The molecule has 0 saturated carbocycles. The van der Waals surface area contributed by atoms with Crippen molar-refractivity contribution in [3.05, 3.63) is 59.4 Å². The van der Waals surface area contributed by atoms with Crippen LogP contribution in [0.4, 0.5) is 15.8 Å². The molecule has 7 heteroatoms. The van der Waals surface area contributed by atoms with Gasteiger partial charge in [0.2, 0.25) is 15.9 Å². The maximum atomic E-state index is 12.9. The molecule has 1 aliphatic heterocycles. The Kier molecular flexibility index (Phi) is 5.79. The minimum absolute atomic E-state index is 0.0990. The largest absolute Gasteiger partial charge is 0.326 e. The first-order valence-electron chi connectivity index (χ1n) is 9.00. The second-order valence-electron chi connectivity index (χ2n) is 6.77. The van der Waals surface area contributed by atoms with Crippen LogP contribution in [-0.4, -0.2) is 26.6 Å². The highest BCUT2D eigenvalue weighted by Crippen LogP contribution is 2.29. The highest BCUT2D eigenvalue weighted by Gasteiger charge is 2.29. The van der Waals surface area contributed by atoms with E-state index in [-0.39, 0.29) is 17.5 Å². The number of anilines is 2. The number of sulfonamides is 1. The third-order valence-corrected chi connectivity index (χ3v) is 6.49. The zero-order valence-corrected chi connectivity index (χ0v) is 16.1. The monoisotopic (exact) mass is 390 g/mol. The van der Waals surface area contributed by atoms with Gasteiger partial charge in [-0.1, -0.05) is 12.1 Å². The molecule has 1 N–H and O–H groups in total. The van der Waals surface area contributed by atoms with Crippen LogP contribution in [0.3, 0.4) is 0 Å². The second-order valence-corrected chi connectivity index (χ2v) is 8.78. The molecule has 0 bridgehead atoms. The van der Waals surface area contributed by atoms with Crippen LogP contribution in [-0.2, 0) is 21.2 Å². The van der Waals surface area contributed by atoms with E-state index < -0.39 is 10.0 Å². The summed E-state index contributed by atoms with van der Waals surface area (Å²) < 4.78 is 38.5. The van der Waals surface area contributed by atoms with E-state index in [0.717, 1.165) is 11.1 Å². The van der Waals surface area contributed by atoms with Gasteiger partial charge in [-0.2, -0.15) is 0 Å². The molecule has 0 radical (unpaired) electrons. The Hall–Kier alpha value is -2.41. The molecule has 0 unspecified atom stereocenters. The van der Waals surface area contributed by atoms with Crippen LogP contribution in [0.25, 0.3) is 0 Å². The molecule has 0 aliphatic carbocycles. The SMILES string of the molecule is Cc1cc(NC(=O)CCCc2ccc(F)cc2)ccc1N1CCCS1(=O)=O. The van der Waals surface area contributed by atoms with Gasteiger partial charge in [-0.3, -0.25) is 9.10 Å². The maximum absolute atomic E-state index is 12.9. The van der Waals surface area contributed by atoms with Crippen LogP contribution in [0.5, 0.6) is 0 Å². The van der Waals surface area contributed by atoms with Gasteiger partial charge in [0, 0.05) is 18.7 Å². The molecule has 1 saturated heterocycles. The number of carbonyl (C=O) groups excluding carboxylic acids is 1. The van der Waals surface area contributed by atoms with E-state index in [2.05, 4.69) is 5.32 Å². The Bertz CT molecular complexity index is 927. The standard InChI is InChI=1S/C20H23FN2O3S/c1-15-14-18(10-11-19(15)23-12-3-13-27(23,25)26)22-20(24)5-2-4-16-6-8-17(21)9-7-16/h6-11,14H,2-5,12-13H2,1H3,(H,22,24). The van der Waals surface area contributed by atoms with Crippen molar-refractivity contribution >= 4 is 27.3 Å². The average Bonchev–Trinajstić information content (AvgIpc) is 2.96. The van der Waals surface area contributed by atoms with Crippen molar-refractivity contribution in [2.75, 3.05) is 21.9 Å². The zero-order chi connectivity index (χ0) is 19.4. The smallest absolute Gasteiger partial charge is 0.235 e. The molecule has 144 valence electrons. The van der Waals surface area contributed by atoms with Crippen molar-refractivity contribution in [1.29, 1.82) is 0 Å². The molecule has 0 spiro atoms. The van der Waals surface area contributed by atoms with Crippen molar-refractivity contribution < 1.29 is 17.6 Å². The van der Waals surface area contributed by atoms with Gasteiger partial charge in [0.15, 0.2) is 0 Å². The fourth-order valence-electron chi connectivity index (χ4n) is 3.25. The normalized spacial score (nSPS) is 15.7. The predicted molar refractivity (Wildman–Crippen MR) is 105 cm³/mol. The van der Waals surface area contributed by atoms with Gasteiger partial charge >= 0.3 is 0 Å². The minimum atomic E-state index is -3.22. The molecule has 0 aromatic heterocycles. The van der Waals surface area contributed by atoms with E-state index in [9.17, 15) is 17.6 Å².